The fraction of sp³-hybridized carbons (Fsp3) is 0.446. The van der Waals surface area contributed by atoms with Gasteiger partial charge in [0.15, 0.2) is 56.1 Å². The number of nitrogens with zero attached hydrogens (tertiary/aromatic N) is 17. The number of imidazole rings is 5. The van der Waals surface area contributed by atoms with E-state index in [1.165, 1.54) is 28.7 Å². The number of aliphatic hydroxyl groups excluding tert-OH is 1. The number of anilines is 5. The van der Waals surface area contributed by atoms with Crippen molar-refractivity contribution in [3.63, 3.8) is 0 Å². The highest BCUT2D eigenvalue weighted by atomic mass is 31.2. The van der Waals surface area contributed by atoms with Crippen molar-refractivity contribution in [3.05, 3.63) is 184 Å². The summed E-state index contributed by atoms with van der Waals surface area (Å²) < 4.78 is 198. The van der Waals surface area contributed by atoms with Gasteiger partial charge in [-0.15, -0.1) is 0 Å². The Kier molecular flexibility index (Phi) is 28.3. The number of ether oxygens (including phenoxy) is 6. The topological polar surface area (TPSA) is 893 Å². The molecule has 2 aromatic carbocycles. The third-order valence-corrected chi connectivity index (χ3v) is 29.9. The van der Waals surface area contributed by atoms with E-state index in [2.05, 4.69) is 79.7 Å². The van der Waals surface area contributed by atoms with Crippen molar-refractivity contribution in [2.45, 2.75) is 162 Å². The molecule has 11 aromatic heterocycles. The SMILES string of the molecule is Cc1cn(C2CC(OP(=O)(O)OCC3OC(n4cnc5c(=O)[nH]c(N)nc54)CC3OP(=O)(O)OCC3OC(n4cnc5c(=O)[nH]c(N)nc54)CC3OP(=O)(O)OCC3OC(n4cnc5c(=O)[nH]c(N)nc54)CC3OP(=O)(O)OCC3OC(n4cnc5c(N)ncnc54)CC3OP(=O)(O)OCC3OC(n4cnc5c(=O)[nH]c(N)nc54)CC3O)C(COP(=O)(O)OCC(c3ccccc3)c3ccccc3)O2)c(=O)[nH]c1=O. The number of nitrogens with two attached hydrogens (primary N) is 5. The van der Waals surface area contributed by atoms with Crippen LogP contribution < -0.4 is 62.2 Å². The number of fused-ring (bicyclic) bond motifs is 5. The van der Waals surface area contributed by atoms with E-state index in [0.29, 0.717) is 11.1 Å². The summed E-state index contributed by atoms with van der Waals surface area (Å²) in [7, 11) is -33.1. The zero-order valence-electron chi connectivity index (χ0n) is 74.0. The lowest BCUT2D eigenvalue weighted by atomic mass is 9.92. The van der Waals surface area contributed by atoms with Crippen LogP contribution in [0.5, 0.6) is 0 Å². The maximum absolute atomic E-state index is 14.8. The van der Waals surface area contributed by atoms with E-state index in [1.54, 1.807) is 60.7 Å². The van der Waals surface area contributed by atoms with Gasteiger partial charge in [0.1, 0.15) is 116 Å². The molecule has 0 aliphatic carbocycles. The Morgan fingerprint density at radius 1 is 0.354 bits per heavy atom. The van der Waals surface area contributed by atoms with Crippen LogP contribution in [0, 0.1) is 6.92 Å². The van der Waals surface area contributed by atoms with E-state index >= 15 is 0 Å². The third-order valence-electron chi connectivity index (χ3n) is 23.9. The van der Waals surface area contributed by atoms with E-state index in [9.17, 15) is 90.6 Å². The first-order valence-electron chi connectivity index (χ1n) is 43.2. The van der Waals surface area contributed by atoms with E-state index < -0.39 is 287 Å². The molecule has 6 saturated heterocycles. The summed E-state index contributed by atoms with van der Waals surface area (Å²) >= 11 is 0. The zero-order chi connectivity index (χ0) is 102. The number of hydrogen-bond acceptors (Lipinski definition) is 47. The first-order valence-corrected chi connectivity index (χ1v) is 52.2. The number of aromatic nitrogens is 22. The molecule has 64 nitrogen and oxygen atoms in total. The number of nitrogen functional groups attached to an aromatic ring is 5. The highest BCUT2D eigenvalue weighted by Crippen LogP contribution is 2.58. The second kappa shape index (κ2) is 40.4. The average Bonchev–Trinajstić information content (AvgIpc) is 1.69. The molecule has 70 heteroatoms. The van der Waals surface area contributed by atoms with Crippen molar-refractivity contribution in [3.8, 4) is 0 Å². The number of aliphatic hydroxyl groups is 1. The highest BCUT2D eigenvalue weighted by Gasteiger charge is 2.53. The van der Waals surface area contributed by atoms with Crippen LogP contribution in [-0.2, 0) is 110 Å². The van der Waals surface area contributed by atoms with Crippen LogP contribution in [0.3, 0.4) is 0 Å². The molecule has 0 amide bonds. The lowest BCUT2D eigenvalue weighted by molar-refractivity contribution is -0.0639. The fourth-order valence-electron chi connectivity index (χ4n) is 17.2. The van der Waals surface area contributed by atoms with Crippen molar-refractivity contribution < 1.29 is 145 Å². The fourth-order valence-corrected chi connectivity index (χ4v) is 22.7. The quantitative estimate of drug-likeness (QED) is 0.0236. The standard InChI is InChI=1S/C74H87N27O37P6/c1-32-18-96(74(108)95-65(32)103)49-13-37(43(129-49)21-122-139(109,110)121-19-35(33-8-4-2-5-9-33)34-10-6-3-7-11-34)134-141(113,114)125-23-45-39(15-51(131-45)99-29-84-56-62(99)88-71(77)92-67(56)105)137-143(117,118)127-25-47-41(17-53(133-47)101-31-86-58-64(101)90-73(79)94-69(58)107)138-144(119,120)126-24-46-40(16-52(132-46)100-30-85-57-63(100)89-72(78)93-68(57)106)136-142(115,116)124-22-44-38(14-50(130-44)97-27-82-54-59(75)80-26-81-60(54)97)135-140(111,112)123-20-42-36(102)12-48(128-42)98-28-83-55-61(98)87-70(76)91-66(55)104/h2-11,18,26-31,35-53,102H,12-17,19-25H2,1H3,(H,109,110)(H,111,112)(H,113,114)(H,115,116)(H,117,118)(H,119,120)(H2,75,80,81)(H,95,103,108)(H3,76,87,91,104)(H3,77,88,92,105)(H3,78,89,93,106)(H3,79,90,94,107). The number of phosphoric acid groups is 6. The average molecular weight is 2130 g/mol. The van der Waals surface area contributed by atoms with Crippen molar-refractivity contribution in [2.75, 3.05) is 74.9 Å². The molecule has 0 radical (unpaired) electrons. The Bertz CT molecular complexity index is 7680. The molecule has 6 aliphatic heterocycles. The molecule has 6 aliphatic rings. The number of rotatable bonds is 39. The number of H-pyrrole nitrogens is 5. The zero-order valence-corrected chi connectivity index (χ0v) is 79.4. The molecule has 144 heavy (non-hydrogen) atoms. The Labute approximate surface area is 801 Å². The Balaban J connectivity index is 0.548. The van der Waals surface area contributed by atoms with Gasteiger partial charge in [-0.3, -0.25) is 131 Å². The van der Waals surface area contributed by atoms with Crippen molar-refractivity contribution in [2.24, 2.45) is 0 Å². The van der Waals surface area contributed by atoms with Gasteiger partial charge in [0.25, 0.3) is 27.8 Å². The van der Waals surface area contributed by atoms with Gasteiger partial charge in [0.2, 0.25) is 23.8 Å². The molecule has 19 rings (SSSR count). The lowest BCUT2D eigenvalue weighted by Crippen LogP contribution is -2.33. The van der Waals surface area contributed by atoms with Crippen molar-refractivity contribution in [1.29, 1.82) is 0 Å². The molecule has 17 heterocycles. The molecule has 0 saturated carbocycles. The highest BCUT2D eigenvalue weighted by molar-refractivity contribution is 7.48. The molecular formula is C74H87N27O37P6. The molecule has 0 bridgehead atoms. The normalized spacial score (nSPS) is 27.3. The largest absolute Gasteiger partial charge is 0.472 e. The molecule has 24 unspecified atom stereocenters. The van der Waals surface area contributed by atoms with Crippen LogP contribution in [0.2, 0.25) is 0 Å². The van der Waals surface area contributed by atoms with Crippen LogP contribution in [-0.4, -0.2) is 261 Å². The van der Waals surface area contributed by atoms with Crippen LogP contribution in [0.1, 0.15) is 98.5 Å². The minimum absolute atomic E-state index is 0.00444. The minimum Gasteiger partial charge on any atom is -0.390 e. The summed E-state index contributed by atoms with van der Waals surface area (Å²) in [5.74, 6) is -2.14. The summed E-state index contributed by atoms with van der Waals surface area (Å²) in [6, 6.07) is 17.7. The third kappa shape index (κ3) is 22.1. The Hall–Kier alpha value is -11.6. The van der Waals surface area contributed by atoms with Gasteiger partial charge in [-0.2, -0.15) is 19.9 Å². The van der Waals surface area contributed by atoms with Gasteiger partial charge in [-0.25, -0.2) is 67.1 Å². The number of phosphoric ester groups is 6. The number of benzene rings is 2. The number of aryl methyl sites for hydroxylation is 1. The molecule has 6 fully saturated rings. The minimum atomic E-state index is -5.73. The van der Waals surface area contributed by atoms with Gasteiger partial charge in [-0.05, 0) is 18.1 Å². The monoisotopic (exact) mass is 2130 g/mol. The molecular weight excluding hydrogens is 2040 g/mol. The maximum atomic E-state index is 14.8. The summed E-state index contributed by atoms with van der Waals surface area (Å²) in [4.78, 5) is 204. The first kappa shape index (κ1) is 101. The molecule has 770 valence electrons. The van der Waals surface area contributed by atoms with E-state index in [-0.39, 0.29) is 86.0 Å². The molecule has 0 spiro atoms. The summed E-state index contributed by atoms with van der Waals surface area (Å²) in [5.41, 5.74) is 24.7. The Morgan fingerprint density at radius 2 is 0.639 bits per heavy atom. The van der Waals surface area contributed by atoms with E-state index in [1.807, 2.05) is 0 Å². The summed E-state index contributed by atoms with van der Waals surface area (Å²) in [6.45, 7) is -5.27. The van der Waals surface area contributed by atoms with Gasteiger partial charge in [0, 0.05) is 56.2 Å². The Morgan fingerprint density at radius 3 is 0.972 bits per heavy atom. The van der Waals surface area contributed by atoms with Gasteiger partial charge >= 0.3 is 52.6 Å². The summed E-state index contributed by atoms with van der Waals surface area (Å²) in [5, 5.41) is 11.1. The van der Waals surface area contributed by atoms with Crippen LogP contribution in [0.25, 0.3) is 55.8 Å². The predicted molar refractivity (Wildman–Crippen MR) is 483 cm³/mol. The smallest absolute Gasteiger partial charge is 0.390 e. The van der Waals surface area contributed by atoms with Crippen LogP contribution in [0.15, 0.2) is 134 Å². The van der Waals surface area contributed by atoms with Gasteiger partial charge < -0.3 is 91.6 Å². The van der Waals surface area contributed by atoms with Gasteiger partial charge in [0.05, 0.1) is 84.0 Å². The molecule has 22 N–H and O–H groups in total. The number of aromatic amines is 5. The second-order valence-electron chi connectivity index (χ2n) is 33.4. The molecule has 13 aromatic rings. The van der Waals surface area contributed by atoms with Crippen molar-refractivity contribution in [1.82, 2.24) is 107 Å². The predicted octanol–water partition coefficient (Wildman–Crippen LogP) is 0.691. The van der Waals surface area contributed by atoms with Crippen molar-refractivity contribution >= 4 is 132 Å². The van der Waals surface area contributed by atoms with E-state index in [4.69, 9.17) is 111 Å². The maximum Gasteiger partial charge on any atom is 0.472 e. The molecule has 24 atom stereocenters. The van der Waals surface area contributed by atoms with Gasteiger partial charge in [-0.1, -0.05) is 60.7 Å². The lowest BCUT2D eigenvalue weighted by Gasteiger charge is -2.26. The number of hydrogen-bond donors (Lipinski definition) is 17. The van der Waals surface area contributed by atoms with Crippen LogP contribution in [0.4, 0.5) is 29.6 Å². The van der Waals surface area contributed by atoms with Crippen LogP contribution >= 0.6 is 46.9 Å². The number of nitrogens with one attached hydrogen (secondary N) is 5. The first-order chi connectivity index (χ1) is 68.5. The van der Waals surface area contributed by atoms with E-state index in [0.717, 1.165) is 49.8 Å². The summed E-state index contributed by atoms with van der Waals surface area (Å²) in [6.07, 6.45) is -23.2. The second-order valence-corrected chi connectivity index (χ2v) is 41.9.